The number of aromatic nitrogens is 2. The second kappa shape index (κ2) is 7.68. The van der Waals surface area contributed by atoms with E-state index in [0.29, 0.717) is 17.8 Å². The Morgan fingerprint density at radius 3 is 2.58 bits per heavy atom. The van der Waals surface area contributed by atoms with Gasteiger partial charge in [0.15, 0.2) is 0 Å². The quantitative estimate of drug-likeness (QED) is 0.916. The Morgan fingerprint density at radius 1 is 1.25 bits per heavy atom. The fourth-order valence-electron chi connectivity index (χ4n) is 2.33. The summed E-state index contributed by atoms with van der Waals surface area (Å²) in [6, 6.07) is 7.26. The number of nitrogens with zero attached hydrogens (tertiary/aromatic N) is 3. The summed E-state index contributed by atoms with van der Waals surface area (Å²) in [6.45, 7) is 5.42. The number of amides is 2. The maximum Gasteiger partial charge on any atom is 0.255 e. The molecule has 1 N–H and O–H groups in total. The number of hydrogen-bond donors (Lipinski definition) is 1. The normalized spacial score (nSPS) is 11.7. The van der Waals surface area contributed by atoms with Gasteiger partial charge in [-0.3, -0.25) is 14.6 Å². The van der Waals surface area contributed by atoms with Crippen LogP contribution in [0.5, 0.6) is 0 Å². The van der Waals surface area contributed by atoms with Gasteiger partial charge in [0.2, 0.25) is 5.91 Å². The highest BCUT2D eigenvalue weighted by Gasteiger charge is 2.18. The fourth-order valence-corrected chi connectivity index (χ4v) is 2.33. The van der Waals surface area contributed by atoms with Gasteiger partial charge in [0.25, 0.3) is 5.91 Å². The van der Waals surface area contributed by atoms with Crippen LogP contribution in [-0.4, -0.2) is 39.8 Å². The highest BCUT2D eigenvalue weighted by atomic mass is 16.2. The lowest BCUT2D eigenvalue weighted by atomic mass is 10.1. The number of rotatable bonds is 5. The first kappa shape index (κ1) is 17.6. The second-order valence-corrected chi connectivity index (χ2v) is 5.91. The van der Waals surface area contributed by atoms with Crippen LogP contribution in [0.3, 0.4) is 0 Å². The number of likely N-dealkylation sites (N-methyl/N-ethyl adjacent to an activating group) is 1. The summed E-state index contributed by atoms with van der Waals surface area (Å²) < 4.78 is 0. The molecule has 2 amide bonds. The Kier molecular flexibility index (Phi) is 5.63. The second-order valence-electron chi connectivity index (χ2n) is 5.91. The van der Waals surface area contributed by atoms with Gasteiger partial charge < -0.3 is 10.2 Å². The van der Waals surface area contributed by atoms with Crippen LogP contribution in [-0.2, 0) is 11.2 Å². The first-order chi connectivity index (χ1) is 11.4. The molecule has 2 aromatic heterocycles. The third-order valence-corrected chi connectivity index (χ3v) is 3.77. The minimum Gasteiger partial charge on any atom is -0.339 e. The molecule has 2 heterocycles. The molecule has 126 valence electrons. The van der Waals surface area contributed by atoms with Crippen molar-refractivity contribution < 1.29 is 9.59 Å². The van der Waals surface area contributed by atoms with E-state index in [1.807, 2.05) is 26.0 Å². The Morgan fingerprint density at radius 2 is 2.00 bits per heavy atom. The number of aryl methyl sites for hydroxylation is 1. The topological polar surface area (TPSA) is 75.2 Å². The van der Waals surface area contributed by atoms with Crippen LogP contribution in [0.15, 0.2) is 36.7 Å². The van der Waals surface area contributed by atoms with Crippen molar-refractivity contribution in [2.24, 2.45) is 0 Å². The summed E-state index contributed by atoms with van der Waals surface area (Å²) in [5, 5.41) is 2.58. The summed E-state index contributed by atoms with van der Waals surface area (Å²) in [5.74, 6) is 0.119. The third kappa shape index (κ3) is 4.62. The summed E-state index contributed by atoms with van der Waals surface area (Å²) in [5.41, 5.74) is 2.59. The Hall–Kier alpha value is -2.76. The number of carbonyl (C=O) groups excluding carboxylic acids is 2. The van der Waals surface area contributed by atoms with E-state index in [9.17, 15) is 9.59 Å². The molecule has 24 heavy (non-hydrogen) atoms. The zero-order valence-corrected chi connectivity index (χ0v) is 14.4. The lowest BCUT2D eigenvalue weighted by Gasteiger charge is -2.25. The van der Waals surface area contributed by atoms with Crippen molar-refractivity contribution in [1.29, 1.82) is 0 Å². The maximum absolute atomic E-state index is 12.6. The predicted molar refractivity (Wildman–Crippen MR) is 92.8 cm³/mol. The van der Waals surface area contributed by atoms with Crippen molar-refractivity contribution in [3.63, 3.8) is 0 Å². The lowest BCUT2D eigenvalue weighted by molar-refractivity contribution is -0.114. The molecule has 0 aliphatic heterocycles. The third-order valence-electron chi connectivity index (χ3n) is 3.77. The maximum atomic E-state index is 12.6. The molecule has 0 aliphatic rings. The van der Waals surface area contributed by atoms with Crippen molar-refractivity contribution in [2.75, 3.05) is 12.4 Å². The predicted octanol–water partition coefficient (Wildman–Crippen LogP) is 2.45. The fraction of sp³-hybridized carbons (Fsp3) is 0.333. The Balaban J connectivity index is 2.03. The van der Waals surface area contributed by atoms with Gasteiger partial charge >= 0.3 is 0 Å². The molecule has 0 bridgehead atoms. The average molecular weight is 326 g/mol. The average Bonchev–Trinajstić information content (AvgIpc) is 2.53. The molecule has 0 unspecified atom stereocenters. The molecule has 0 saturated carbocycles. The number of carbonyl (C=O) groups is 2. The smallest absolute Gasteiger partial charge is 0.255 e. The van der Waals surface area contributed by atoms with Crippen LogP contribution in [0.25, 0.3) is 0 Å². The molecule has 0 fully saturated rings. The monoisotopic (exact) mass is 326 g/mol. The van der Waals surface area contributed by atoms with Crippen LogP contribution in [0.1, 0.15) is 35.5 Å². The number of pyridine rings is 2. The standard InChI is InChI=1S/C18H22N4O2/c1-12-7-8-19-16(9-12)10-13(2)22(4)18(24)15-5-6-17(20-11-15)21-14(3)23/h5-9,11,13H,10H2,1-4H3,(H,20,21,23)/t13-/m0/s1. The molecule has 2 rings (SSSR count). The minimum atomic E-state index is -0.196. The molecule has 0 aliphatic carbocycles. The molecule has 6 nitrogen and oxygen atoms in total. The first-order valence-corrected chi connectivity index (χ1v) is 7.79. The van der Waals surface area contributed by atoms with E-state index >= 15 is 0 Å². The van der Waals surface area contributed by atoms with E-state index in [2.05, 4.69) is 15.3 Å². The number of anilines is 1. The Bertz CT molecular complexity index is 728. The van der Waals surface area contributed by atoms with Crippen LogP contribution in [0.2, 0.25) is 0 Å². The lowest BCUT2D eigenvalue weighted by Crippen LogP contribution is -2.36. The number of nitrogens with one attached hydrogen (secondary N) is 1. The van der Waals surface area contributed by atoms with Crippen LogP contribution in [0, 0.1) is 6.92 Å². The molecule has 0 saturated heterocycles. The highest BCUT2D eigenvalue weighted by Crippen LogP contribution is 2.12. The van der Waals surface area contributed by atoms with Crippen molar-refractivity contribution in [3.8, 4) is 0 Å². The van der Waals surface area contributed by atoms with Crippen molar-refractivity contribution >= 4 is 17.6 Å². The van der Waals surface area contributed by atoms with E-state index in [4.69, 9.17) is 0 Å². The molecule has 2 aromatic rings. The molecule has 6 heteroatoms. The van der Waals surface area contributed by atoms with Gasteiger partial charge in [-0.05, 0) is 43.7 Å². The summed E-state index contributed by atoms with van der Waals surface area (Å²) in [7, 11) is 1.77. The highest BCUT2D eigenvalue weighted by molar-refractivity contribution is 5.94. The van der Waals surface area contributed by atoms with Crippen molar-refractivity contribution in [2.45, 2.75) is 33.2 Å². The van der Waals surface area contributed by atoms with Crippen molar-refractivity contribution in [1.82, 2.24) is 14.9 Å². The largest absolute Gasteiger partial charge is 0.339 e. The van der Waals surface area contributed by atoms with Crippen molar-refractivity contribution in [3.05, 3.63) is 53.5 Å². The van der Waals surface area contributed by atoms with Gasteiger partial charge in [-0.25, -0.2) is 4.98 Å². The van der Waals surface area contributed by atoms with Gasteiger partial charge in [0, 0.05) is 44.5 Å². The SMILES string of the molecule is CC(=O)Nc1ccc(C(=O)N(C)[C@@H](C)Cc2cc(C)ccn2)cn1. The van der Waals surface area contributed by atoms with Gasteiger partial charge in [0.1, 0.15) is 5.82 Å². The zero-order valence-electron chi connectivity index (χ0n) is 14.4. The Labute approximate surface area is 141 Å². The van der Waals surface area contributed by atoms with Gasteiger partial charge in [-0.1, -0.05) is 0 Å². The summed E-state index contributed by atoms with van der Waals surface area (Å²) in [6.07, 6.45) is 3.94. The molecule has 1 atom stereocenters. The summed E-state index contributed by atoms with van der Waals surface area (Å²) in [4.78, 5) is 33.7. The molecule has 0 aromatic carbocycles. The van der Waals surface area contributed by atoms with E-state index in [-0.39, 0.29) is 17.9 Å². The van der Waals surface area contributed by atoms with Gasteiger partial charge in [-0.2, -0.15) is 0 Å². The summed E-state index contributed by atoms with van der Waals surface area (Å²) >= 11 is 0. The number of hydrogen-bond acceptors (Lipinski definition) is 4. The van der Waals surface area contributed by atoms with Gasteiger partial charge in [-0.15, -0.1) is 0 Å². The van der Waals surface area contributed by atoms with Crippen LogP contribution >= 0.6 is 0 Å². The first-order valence-electron chi connectivity index (χ1n) is 7.79. The minimum absolute atomic E-state index is 0.00169. The van der Waals surface area contributed by atoms with E-state index in [1.54, 1.807) is 30.3 Å². The molecular weight excluding hydrogens is 304 g/mol. The molecular formula is C18H22N4O2. The van der Waals surface area contributed by atoms with E-state index < -0.39 is 0 Å². The van der Waals surface area contributed by atoms with Gasteiger partial charge in [0.05, 0.1) is 5.56 Å². The van der Waals surface area contributed by atoms with Crippen LogP contribution < -0.4 is 5.32 Å². The molecule has 0 radical (unpaired) electrons. The van der Waals surface area contributed by atoms with E-state index in [1.165, 1.54) is 13.1 Å². The van der Waals surface area contributed by atoms with E-state index in [0.717, 1.165) is 11.3 Å². The molecule has 0 spiro atoms. The van der Waals surface area contributed by atoms with Crippen LogP contribution in [0.4, 0.5) is 5.82 Å². The zero-order chi connectivity index (χ0) is 17.7.